The van der Waals surface area contributed by atoms with Crippen molar-refractivity contribution in [2.75, 3.05) is 0 Å². The summed E-state index contributed by atoms with van der Waals surface area (Å²) in [6, 6.07) is 13.4. The van der Waals surface area contributed by atoms with Gasteiger partial charge in [0.25, 0.3) is 5.91 Å². The van der Waals surface area contributed by atoms with Gasteiger partial charge in [-0.1, -0.05) is 24.3 Å². The second kappa shape index (κ2) is 6.66. The van der Waals surface area contributed by atoms with Crippen LogP contribution in [-0.2, 0) is 4.79 Å². The minimum absolute atomic E-state index is 0.105. The molecule has 1 aliphatic heterocycles. The summed E-state index contributed by atoms with van der Waals surface area (Å²) in [7, 11) is 0. The van der Waals surface area contributed by atoms with E-state index >= 15 is 0 Å². The van der Waals surface area contributed by atoms with E-state index in [4.69, 9.17) is 4.74 Å². The molecule has 0 aromatic heterocycles. The van der Waals surface area contributed by atoms with E-state index in [1.165, 1.54) is 12.1 Å². The third kappa shape index (κ3) is 3.68. The van der Waals surface area contributed by atoms with Crippen molar-refractivity contribution >= 4 is 17.8 Å². The zero-order chi connectivity index (χ0) is 17.1. The van der Waals surface area contributed by atoms with Crippen LogP contribution >= 0.6 is 0 Å². The molecule has 1 N–H and O–H groups in total. The average Bonchev–Trinajstić information content (AvgIpc) is 2.90. The highest BCUT2D eigenvalue weighted by atomic mass is 19.1. The Morgan fingerprint density at radius 3 is 2.58 bits per heavy atom. The molecule has 2 aromatic carbocycles. The van der Waals surface area contributed by atoms with E-state index in [1.54, 1.807) is 18.2 Å². The monoisotopic (exact) mass is 324 g/mol. The molecule has 24 heavy (non-hydrogen) atoms. The van der Waals surface area contributed by atoms with Gasteiger partial charge >= 0.3 is 0 Å². The van der Waals surface area contributed by atoms with Crippen molar-refractivity contribution in [2.24, 2.45) is 4.99 Å². The van der Waals surface area contributed by atoms with Crippen molar-refractivity contribution in [1.82, 2.24) is 5.32 Å². The van der Waals surface area contributed by atoms with Crippen LogP contribution in [0, 0.1) is 5.82 Å². The van der Waals surface area contributed by atoms with Crippen LogP contribution in [0.3, 0.4) is 0 Å². The van der Waals surface area contributed by atoms with E-state index in [-0.39, 0.29) is 23.5 Å². The number of aliphatic imine (C=N–C) groups is 1. The van der Waals surface area contributed by atoms with Gasteiger partial charge in [-0.05, 0) is 49.8 Å². The van der Waals surface area contributed by atoms with Crippen LogP contribution in [0.5, 0.6) is 5.75 Å². The van der Waals surface area contributed by atoms with Crippen LogP contribution in [0.1, 0.15) is 25.0 Å². The predicted octanol–water partition coefficient (Wildman–Crippen LogP) is 3.53. The third-order valence-electron chi connectivity index (χ3n) is 3.35. The van der Waals surface area contributed by atoms with Gasteiger partial charge in [0, 0.05) is 5.56 Å². The number of nitrogens with one attached hydrogen (secondary N) is 1. The Balaban J connectivity index is 1.83. The molecule has 0 aliphatic carbocycles. The number of hydrogen-bond acceptors (Lipinski definition) is 3. The first-order valence-electron chi connectivity index (χ1n) is 7.65. The van der Waals surface area contributed by atoms with E-state index < -0.39 is 0 Å². The SMILES string of the molecule is CC(C)Oc1ccc(/C=C2/N=C(c3cccc(F)c3)NC2=O)cc1. The van der Waals surface area contributed by atoms with E-state index in [9.17, 15) is 9.18 Å². The number of amides is 1. The molecule has 1 amide bonds. The minimum atomic E-state index is -0.373. The lowest BCUT2D eigenvalue weighted by atomic mass is 10.2. The highest BCUT2D eigenvalue weighted by Crippen LogP contribution is 2.18. The number of carbonyl (C=O) groups excluding carboxylic acids is 1. The van der Waals surface area contributed by atoms with Gasteiger partial charge in [-0.25, -0.2) is 9.38 Å². The Bertz CT molecular complexity index is 824. The van der Waals surface area contributed by atoms with Gasteiger partial charge in [-0.3, -0.25) is 4.79 Å². The summed E-state index contributed by atoms with van der Waals surface area (Å²) in [6.45, 7) is 3.92. The fraction of sp³-hybridized carbons (Fsp3) is 0.158. The molecule has 3 rings (SSSR count). The van der Waals surface area contributed by atoms with Crippen LogP contribution in [0.4, 0.5) is 4.39 Å². The second-order valence-electron chi connectivity index (χ2n) is 5.69. The van der Waals surface area contributed by atoms with Crippen LogP contribution in [0.25, 0.3) is 6.08 Å². The smallest absolute Gasteiger partial charge is 0.275 e. The molecule has 122 valence electrons. The Morgan fingerprint density at radius 1 is 1.17 bits per heavy atom. The van der Waals surface area contributed by atoms with E-state index in [2.05, 4.69) is 10.3 Å². The number of rotatable bonds is 4. The van der Waals surface area contributed by atoms with Gasteiger partial charge in [0.2, 0.25) is 0 Å². The van der Waals surface area contributed by atoms with Crippen LogP contribution in [-0.4, -0.2) is 17.8 Å². The van der Waals surface area contributed by atoms with Crippen LogP contribution < -0.4 is 10.1 Å². The van der Waals surface area contributed by atoms with Gasteiger partial charge in [-0.15, -0.1) is 0 Å². The number of carbonyl (C=O) groups is 1. The Morgan fingerprint density at radius 2 is 1.92 bits per heavy atom. The van der Waals surface area contributed by atoms with Crippen molar-refractivity contribution in [3.8, 4) is 5.75 Å². The standard InChI is InChI=1S/C19H17FN2O2/c1-12(2)24-16-8-6-13(7-9-16)10-17-19(23)22-18(21-17)14-4-3-5-15(20)11-14/h3-12H,1-2H3,(H,21,22,23)/b17-10+. The average molecular weight is 324 g/mol. The highest BCUT2D eigenvalue weighted by molar-refractivity contribution is 6.19. The molecule has 5 heteroatoms. The first kappa shape index (κ1) is 15.9. The Hall–Kier alpha value is -2.95. The summed E-state index contributed by atoms with van der Waals surface area (Å²) in [6.07, 6.45) is 1.79. The van der Waals surface area contributed by atoms with E-state index in [0.29, 0.717) is 11.4 Å². The maximum atomic E-state index is 13.3. The summed E-state index contributed by atoms with van der Waals surface area (Å²) in [4.78, 5) is 16.3. The van der Waals surface area contributed by atoms with Crippen LogP contribution in [0.2, 0.25) is 0 Å². The first-order chi connectivity index (χ1) is 11.5. The molecule has 0 bridgehead atoms. The zero-order valence-corrected chi connectivity index (χ0v) is 13.4. The molecule has 0 atom stereocenters. The summed E-state index contributed by atoms with van der Waals surface area (Å²) in [5, 5.41) is 2.66. The molecule has 0 spiro atoms. The highest BCUT2D eigenvalue weighted by Gasteiger charge is 2.21. The van der Waals surface area contributed by atoms with Crippen molar-refractivity contribution in [2.45, 2.75) is 20.0 Å². The summed E-state index contributed by atoms with van der Waals surface area (Å²) < 4.78 is 18.9. The Kier molecular flexibility index (Phi) is 4.42. The number of ether oxygens (including phenoxy) is 1. The predicted molar refractivity (Wildman–Crippen MR) is 91.3 cm³/mol. The number of halogens is 1. The third-order valence-corrected chi connectivity index (χ3v) is 3.35. The molecule has 0 fully saturated rings. The minimum Gasteiger partial charge on any atom is -0.491 e. The van der Waals surface area contributed by atoms with Crippen molar-refractivity contribution < 1.29 is 13.9 Å². The number of amidine groups is 1. The van der Waals surface area contributed by atoms with Gasteiger partial charge in [0.15, 0.2) is 0 Å². The molecule has 0 radical (unpaired) electrons. The molecule has 0 saturated carbocycles. The number of nitrogens with zero attached hydrogens (tertiary/aromatic N) is 1. The largest absolute Gasteiger partial charge is 0.491 e. The van der Waals surface area contributed by atoms with Gasteiger partial charge < -0.3 is 10.1 Å². The fourth-order valence-electron chi connectivity index (χ4n) is 2.31. The maximum Gasteiger partial charge on any atom is 0.275 e. The van der Waals surface area contributed by atoms with Crippen molar-refractivity contribution in [3.63, 3.8) is 0 Å². The molecule has 0 saturated heterocycles. The van der Waals surface area contributed by atoms with Gasteiger partial charge in [0.1, 0.15) is 23.1 Å². The van der Waals surface area contributed by atoms with Gasteiger partial charge in [-0.2, -0.15) is 0 Å². The fourth-order valence-corrected chi connectivity index (χ4v) is 2.31. The van der Waals surface area contributed by atoms with Crippen molar-refractivity contribution in [3.05, 3.63) is 71.2 Å². The molecule has 2 aromatic rings. The summed E-state index contributed by atoms with van der Waals surface area (Å²) >= 11 is 0. The van der Waals surface area contributed by atoms with Crippen molar-refractivity contribution in [1.29, 1.82) is 0 Å². The summed E-state index contributed by atoms with van der Waals surface area (Å²) in [5.74, 6) is 0.442. The lowest BCUT2D eigenvalue weighted by molar-refractivity contribution is -0.115. The molecule has 4 nitrogen and oxygen atoms in total. The number of benzene rings is 2. The topological polar surface area (TPSA) is 50.7 Å². The zero-order valence-electron chi connectivity index (χ0n) is 13.4. The Labute approximate surface area is 139 Å². The summed E-state index contributed by atoms with van der Waals surface area (Å²) in [5.41, 5.74) is 1.65. The first-order valence-corrected chi connectivity index (χ1v) is 7.65. The normalized spacial score (nSPS) is 15.6. The molecule has 1 aliphatic rings. The van der Waals surface area contributed by atoms with Crippen LogP contribution in [0.15, 0.2) is 59.2 Å². The second-order valence-corrected chi connectivity index (χ2v) is 5.69. The molecular formula is C19H17FN2O2. The molecule has 1 heterocycles. The van der Waals surface area contributed by atoms with E-state index in [0.717, 1.165) is 11.3 Å². The van der Waals surface area contributed by atoms with Gasteiger partial charge in [0.05, 0.1) is 6.10 Å². The van der Waals surface area contributed by atoms with E-state index in [1.807, 2.05) is 38.1 Å². The quantitative estimate of drug-likeness (QED) is 0.875. The lowest BCUT2D eigenvalue weighted by Gasteiger charge is -2.09. The lowest BCUT2D eigenvalue weighted by Crippen LogP contribution is -2.24. The maximum absolute atomic E-state index is 13.3. The molecule has 0 unspecified atom stereocenters. The molecular weight excluding hydrogens is 307 g/mol. The number of hydrogen-bond donors (Lipinski definition) is 1.